The molecule has 0 spiro atoms. The summed E-state index contributed by atoms with van der Waals surface area (Å²) in [4.78, 5) is 2.47. The highest BCUT2D eigenvalue weighted by atomic mass is 15.1. The van der Waals surface area contributed by atoms with Crippen molar-refractivity contribution in [2.24, 2.45) is 0 Å². The highest BCUT2D eigenvalue weighted by molar-refractivity contribution is 6.10. The van der Waals surface area contributed by atoms with Crippen molar-refractivity contribution in [2.75, 3.05) is 4.90 Å². The highest BCUT2D eigenvalue weighted by Crippen LogP contribution is 2.57. The zero-order chi connectivity index (χ0) is 45.7. The lowest BCUT2D eigenvalue weighted by Gasteiger charge is -2.35. The molecule has 0 bridgehead atoms. The minimum absolute atomic E-state index is 0.531. The van der Waals surface area contributed by atoms with Crippen molar-refractivity contribution in [3.05, 3.63) is 301 Å². The molecule has 0 saturated carbocycles. The van der Waals surface area contributed by atoms with Crippen LogP contribution in [0.1, 0.15) is 22.3 Å². The fourth-order valence-electron chi connectivity index (χ4n) is 11.2. The molecule has 69 heavy (non-hydrogen) atoms. The first-order valence-electron chi connectivity index (χ1n) is 23.8. The number of rotatable bonds is 9. The number of benzene rings is 11. The van der Waals surface area contributed by atoms with E-state index in [2.05, 4.69) is 289 Å². The summed E-state index contributed by atoms with van der Waals surface area (Å²) in [5.41, 5.74) is 20.9. The SMILES string of the molecule is c1ccc(-c2ccccc2N(c2cccc(-c3cccc(-c4ccc5c(c4)c4ccccc4n5-c4ccccc4)c3)c2)c2ccc3c(c2)C(c2ccccc2)(c2ccccc2)c2ccccc2-3)cc1. The fraction of sp³-hybridized carbons (Fsp3) is 0.0149. The second-order valence-corrected chi connectivity index (χ2v) is 18.0. The predicted molar refractivity (Wildman–Crippen MR) is 289 cm³/mol. The molecule has 0 fully saturated rings. The molecule has 2 nitrogen and oxygen atoms in total. The second kappa shape index (κ2) is 16.7. The van der Waals surface area contributed by atoms with Gasteiger partial charge < -0.3 is 9.47 Å². The van der Waals surface area contributed by atoms with E-state index < -0.39 is 5.41 Å². The predicted octanol–water partition coefficient (Wildman–Crippen LogP) is 17.6. The van der Waals surface area contributed by atoms with E-state index in [1.165, 1.54) is 71.9 Å². The lowest BCUT2D eigenvalue weighted by atomic mass is 9.67. The van der Waals surface area contributed by atoms with Crippen molar-refractivity contribution in [1.29, 1.82) is 0 Å². The molecular weight excluding hydrogens is 833 g/mol. The van der Waals surface area contributed by atoms with Crippen LogP contribution in [0.5, 0.6) is 0 Å². The molecule has 2 heteroatoms. The van der Waals surface area contributed by atoms with Crippen molar-refractivity contribution in [3.63, 3.8) is 0 Å². The Kier molecular flexibility index (Phi) is 9.77. The summed E-state index contributed by atoms with van der Waals surface area (Å²) >= 11 is 0. The Labute approximate surface area is 403 Å². The number of hydrogen-bond acceptors (Lipinski definition) is 1. The van der Waals surface area contributed by atoms with E-state index in [0.29, 0.717) is 0 Å². The molecule has 0 saturated heterocycles. The van der Waals surface area contributed by atoms with Crippen LogP contribution < -0.4 is 4.90 Å². The zero-order valence-electron chi connectivity index (χ0n) is 38.0. The van der Waals surface area contributed by atoms with Crippen molar-refractivity contribution in [1.82, 2.24) is 4.57 Å². The highest BCUT2D eigenvalue weighted by Gasteiger charge is 2.46. The molecule has 12 aromatic rings. The Bertz CT molecular complexity index is 3790. The van der Waals surface area contributed by atoms with Gasteiger partial charge in [-0.2, -0.15) is 0 Å². The maximum atomic E-state index is 2.47. The van der Waals surface area contributed by atoms with Gasteiger partial charge in [0.25, 0.3) is 0 Å². The number of aromatic nitrogens is 1. The third-order valence-electron chi connectivity index (χ3n) is 14.3. The molecule has 1 aromatic heterocycles. The normalized spacial score (nSPS) is 12.5. The van der Waals surface area contributed by atoms with Crippen LogP contribution in [0.15, 0.2) is 279 Å². The lowest BCUT2D eigenvalue weighted by molar-refractivity contribution is 0.768. The van der Waals surface area contributed by atoms with Crippen LogP contribution in [0.25, 0.3) is 72.0 Å². The Morgan fingerprint density at radius 3 is 1.55 bits per heavy atom. The van der Waals surface area contributed by atoms with Crippen LogP contribution in [-0.4, -0.2) is 4.57 Å². The first kappa shape index (κ1) is 40.3. The molecule has 1 heterocycles. The smallest absolute Gasteiger partial charge is 0.0714 e. The molecule has 0 aliphatic heterocycles. The third-order valence-corrected chi connectivity index (χ3v) is 14.3. The molecule has 324 valence electrons. The average molecular weight is 879 g/mol. The van der Waals surface area contributed by atoms with Crippen molar-refractivity contribution in [3.8, 4) is 50.2 Å². The molecule has 1 aliphatic carbocycles. The van der Waals surface area contributed by atoms with Crippen LogP contribution in [-0.2, 0) is 5.41 Å². The minimum Gasteiger partial charge on any atom is -0.310 e. The van der Waals surface area contributed by atoms with E-state index in [1.807, 2.05) is 0 Å². The standard InChI is InChI=1S/C67H46N2/c1-5-21-47(22-6-1)57-33-14-17-37-64(57)68(56-40-41-59-58-34-13-16-36-62(58)67(63(59)46-56,52-26-7-2-8-27-52)53-28-9-3-10-29-53)55-32-20-25-50(44-55)48-23-19-24-49(43-48)51-39-42-66-61(45-51)60-35-15-18-38-65(60)69(66)54-30-11-4-12-31-54/h1-46H. The van der Waals surface area contributed by atoms with Gasteiger partial charge in [-0.1, -0.05) is 212 Å². The average Bonchev–Trinajstić information content (AvgIpc) is 3.92. The summed E-state index contributed by atoms with van der Waals surface area (Å²) in [6.45, 7) is 0. The van der Waals surface area contributed by atoms with E-state index in [-0.39, 0.29) is 0 Å². The van der Waals surface area contributed by atoms with E-state index in [0.717, 1.165) is 39.4 Å². The first-order chi connectivity index (χ1) is 34.2. The van der Waals surface area contributed by atoms with Gasteiger partial charge in [0.2, 0.25) is 0 Å². The van der Waals surface area contributed by atoms with E-state index >= 15 is 0 Å². The van der Waals surface area contributed by atoms with Gasteiger partial charge in [0.15, 0.2) is 0 Å². The largest absolute Gasteiger partial charge is 0.310 e. The molecule has 0 unspecified atom stereocenters. The van der Waals surface area contributed by atoms with Crippen LogP contribution in [0, 0.1) is 0 Å². The number of nitrogens with zero attached hydrogens (tertiary/aromatic N) is 2. The van der Waals surface area contributed by atoms with Gasteiger partial charge in [0.1, 0.15) is 0 Å². The quantitative estimate of drug-likeness (QED) is 0.140. The van der Waals surface area contributed by atoms with Crippen molar-refractivity contribution in [2.45, 2.75) is 5.41 Å². The molecule has 0 atom stereocenters. The first-order valence-corrected chi connectivity index (χ1v) is 23.8. The third kappa shape index (κ3) is 6.64. The maximum Gasteiger partial charge on any atom is 0.0714 e. The molecule has 0 radical (unpaired) electrons. The summed E-state index contributed by atoms with van der Waals surface area (Å²) in [6.07, 6.45) is 0. The van der Waals surface area contributed by atoms with Gasteiger partial charge >= 0.3 is 0 Å². The Morgan fingerprint density at radius 2 is 0.812 bits per heavy atom. The van der Waals surface area contributed by atoms with Crippen molar-refractivity contribution >= 4 is 38.9 Å². The Morgan fingerprint density at radius 1 is 0.290 bits per heavy atom. The van der Waals surface area contributed by atoms with Crippen LogP contribution in [0.2, 0.25) is 0 Å². The Hall–Kier alpha value is -8.98. The van der Waals surface area contributed by atoms with Gasteiger partial charge in [-0.25, -0.2) is 0 Å². The molecule has 0 amide bonds. The van der Waals surface area contributed by atoms with Gasteiger partial charge in [0, 0.05) is 33.4 Å². The fourth-order valence-corrected chi connectivity index (χ4v) is 11.2. The summed E-state index contributed by atoms with van der Waals surface area (Å²) in [5, 5.41) is 2.49. The Balaban J connectivity index is 0.977. The van der Waals surface area contributed by atoms with Gasteiger partial charge in [-0.3, -0.25) is 0 Å². The molecule has 1 aliphatic rings. The summed E-state index contributed by atoms with van der Waals surface area (Å²) in [5.74, 6) is 0. The topological polar surface area (TPSA) is 8.17 Å². The van der Waals surface area contributed by atoms with Crippen LogP contribution >= 0.6 is 0 Å². The number of anilines is 3. The van der Waals surface area contributed by atoms with Crippen molar-refractivity contribution < 1.29 is 0 Å². The minimum atomic E-state index is -0.531. The zero-order valence-corrected chi connectivity index (χ0v) is 38.0. The summed E-state index contributed by atoms with van der Waals surface area (Å²) in [6, 6.07) is 102. The van der Waals surface area contributed by atoms with E-state index in [1.54, 1.807) is 0 Å². The van der Waals surface area contributed by atoms with E-state index in [9.17, 15) is 0 Å². The number of hydrogen-bond donors (Lipinski definition) is 0. The monoisotopic (exact) mass is 878 g/mol. The second-order valence-electron chi connectivity index (χ2n) is 18.0. The van der Waals surface area contributed by atoms with Crippen LogP contribution in [0.3, 0.4) is 0 Å². The van der Waals surface area contributed by atoms with Gasteiger partial charge in [0.05, 0.1) is 22.1 Å². The molecule has 11 aromatic carbocycles. The molecular formula is C67H46N2. The lowest BCUT2D eigenvalue weighted by Crippen LogP contribution is -2.28. The van der Waals surface area contributed by atoms with E-state index in [4.69, 9.17) is 0 Å². The maximum absolute atomic E-state index is 2.47. The van der Waals surface area contributed by atoms with Gasteiger partial charge in [-0.05, 0) is 128 Å². The summed E-state index contributed by atoms with van der Waals surface area (Å²) < 4.78 is 2.38. The van der Waals surface area contributed by atoms with Gasteiger partial charge in [-0.15, -0.1) is 0 Å². The summed E-state index contributed by atoms with van der Waals surface area (Å²) in [7, 11) is 0. The molecule has 0 N–H and O–H groups in total. The number of para-hydroxylation sites is 3. The molecule has 13 rings (SSSR count). The van der Waals surface area contributed by atoms with Crippen LogP contribution in [0.4, 0.5) is 17.1 Å². The number of fused-ring (bicyclic) bond motifs is 6.